The smallest absolute Gasteiger partial charge is 0.0617 e. The van der Waals surface area contributed by atoms with Crippen LogP contribution in [0.15, 0.2) is 200 Å². The summed E-state index contributed by atoms with van der Waals surface area (Å²) in [5.41, 5.74) is 7.39. The van der Waals surface area contributed by atoms with E-state index in [1.54, 1.807) is 12.3 Å². The van der Waals surface area contributed by atoms with Gasteiger partial charge in [0.2, 0.25) is 0 Å². The summed E-state index contributed by atoms with van der Waals surface area (Å²) in [5, 5.41) is 1.56. The number of ether oxygens (including phenoxy) is 1. The van der Waals surface area contributed by atoms with E-state index < -0.39 is 78.6 Å². The molecule has 2 aliphatic rings. The third-order valence-corrected chi connectivity index (χ3v) is 15.4. The van der Waals surface area contributed by atoms with Crippen LogP contribution >= 0.6 is 0 Å². The van der Waals surface area contributed by atoms with E-state index in [9.17, 15) is 5.48 Å². The zero-order valence-corrected chi connectivity index (χ0v) is 41.4. The second-order valence-corrected chi connectivity index (χ2v) is 20.5. The van der Waals surface area contributed by atoms with E-state index in [0.717, 1.165) is 64.2 Å². The summed E-state index contributed by atoms with van der Waals surface area (Å²) in [5.74, 6) is 1.92. The zero-order chi connectivity index (χ0) is 60.8. The molecule has 2 aliphatic carbocycles. The average molecular weight is 1120 g/mol. The van der Waals surface area contributed by atoms with Gasteiger partial charge in [-0.1, -0.05) is 57.0 Å². The van der Waals surface area contributed by atoms with Gasteiger partial charge >= 0.3 is 351 Å². The molecule has 0 aliphatic heterocycles. The first-order chi connectivity index (χ1) is 41.0. The van der Waals surface area contributed by atoms with Crippen molar-refractivity contribution in [2.75, 3.05) is 0 Å². The summed E-state index contributed by atoms with van der Waals surface area (Å²) in [6.45, 7) is 6.38. The molecule has 3 heterocycles. The zero-order valence-electron chi connectivity index (χ0n) is 54.1. The molecule has 5 nitrogen and oxygen atoms in total. The van der Waals surface area contributed by atoms with E-state index in [1.807, 2.05) is 111 Å². The Morgan fingerprint density at radius 3 is 2.07 bits per heavy atom. The van der Waals surface area contributed by atoms with Gasteiger partial charge in [0.15, 0.2) is 0 Å². The van der Waals surface area contributed by atoms with E-state index in [0.29, 0.717) is 67.0 Å². The first-order valence-electron chi connectivity index (χ1n) is 31.4. The van der Waals surface area contributed by atoms with Crippen LogP contribution < -0.4 is 4.74 Å². The summed E-state index contributed by atoms with van der Waals surface area (Å²) in [6.07, 6.45) is 5.90. The number of hydrogen-bond donors (Lipinski definition) is 0. The Bertz CT molecular complexity index is 4740. The molecule has 1 saturated carbocycles. The van der Waals surface area contributed by atoms with Crippen LogP contribution in [0.4, 0.5) is 0 Å². The van der Waals surface area contributed by atoms with E-state index in [2.05, 4.69) is 40.1 Å². The van der Waals surface area contributed by atoms with Crippen molar-refractivity contribution >= 4 is 32.8 Å². The molecule has 3 aromatic heterocycles. The van der Waals surface area contributed by atoms with Crippen molar-refractivity contribution in [3.63, 3.8) is 0 Å². The second kappa shape index (κ2) is 17.5. The molecule has 350 valence electrons. The van der Waals surface area contributed by atoms with Crippen molar-refractivity contribution in [2.24, 2.45) is 5.92 Å². The molecule has 71 heavy (non-hydrogen) atoms. The predicted octanol–water partition coefficient (Wildman–Crippen LogP) is 16.9. The standard InChI is InChI=1S/C65H54N4O.Pt/c1-65(2,3)48-35-36-66-62(38-48)69-58-34-30-47(43-17-7-4-8-18-43)37-57(58)53-33-31-51(40-61(53)69)70-50-25-16-24-49(39-50)67-42-68(60-28-14-13-27-59(60)67)64-55(44-19-9-5-10-20-44)41-56-52-26-15-23-45(52)29-32-54(56)63(64)46-21-11-6-12-22-46;/h4-14,16-22,24-25,27-28,30-31,33-41,45,52H,15,23,26,29,32H2,1-3H3;/i4D,5D,6D,7D,8D,9D,10D,11D,12D,17D,18D,19D,20D,21D,22D;. The Balaban J connectivity index is 1.02. The minimum atomic E-state index is -0.555. The quantitative estimate of drug-likeness (QED) is 0.152. The molecule has 11 aromatic rings. The van der Waals surface area contributed by atoms with Crippen LogP contribution in [0.5, 0.6) is 11.5 Å². The van der Waals surface area contributed by atoms with Gasteiger partial charge in [-0.25, -0.2) is 0 Å². The van der Waals surface area contributed by atoms with Gasteiger partial charge in [-0.15, -0.1) is 0 Å². The van der Waals surface area contributed by atoms with Crippen molar-refractivity contribution in [3.8, 4) is 62.1 Å². The van der Waals surface area contributed by atoms with E-state index in [1.165, 1.54) is 0 Å². The van der Waals surface area contributed by atoms with E-state index in [-0.39, 0.29) is 45.7 Å². The molecule has 0 spiro atoms. The minimum Gasteiger partial charge on any atom is -0.0617 e. The van der Waals surface area contributed by atoms with Crippen LogP contribution in [0.25, 0.3) is 83.4 Å². The Hall–Kier alpha value is -7.33. The number of nitrogens with zero attached hydrogens (tertiary/aromatic N) is 4. The Morgan fingerprint density at radius 2 is 1.31 bits per heavy atom. The molecule has 0 bridgehead atoms. The number of para-hydroxylation sites is 2. The molecule has 2 atom stereocenters. The Labute approximate surface area is 447 Å². The van der Waals surface area contributed by atoms with Crippen LogP contribution in [-0.4, -0.2) is 18.7 Å². The van der Waals surface area contributed by atoms with Gasteiger partial charge in [0.05, 0.1) is 6.85 Å². The number of aromatic nitrogens is 4. The molecule has 0 amide bonds. The number of pyridine rings is 1. The van der Waals surface area contributed by atoms with Crippen LogP contribution in [0.1, 0.15) is 89.6 Å². The molecule has 2 unspecified atom stereocenters. The number of imidazole rings is 1. The summed E-state index contributed by atoms with van der Waals surface area (Å²) < 4.78 is 147. The van der Waals surface area contributed by atoms with Gasteiger partial charge in [-0.2, -0.15) is 0 Å². The second-order valence-electron chi connectivity index (χ2n) is 19.5. The van der Waals surface area contributed by atoms with Gasteiger partial charge in [0.25, 0.3) is 0 Å². The van der Waals surface area contributed by atoms with Gasteiger partial charge in [-0.05, 0) is 28.2 Å². The fraction of sp³-hybridized carbons (Fsp3) is 0.169. The first-order valence-corrected chi connectivity index (χ1v) is 25.0. The summed E-state index contributed by atoms with van der Waals surface area (Å²) >= 11 is 2.21. The van der Waals surface area contributed by atoms with Crippen molar-refractivity contribution in [1.82, 2.24) is 18.7 Å². The van der Waals surface area contributed by atoms with Gasteiger partial charge < -0.3 is 0 Å². The number of hydrogen-bond acceptors (Lipinski definition) is 2. The van der Waals surface area contributed by atoms with E-state index in [4.69, 9.17) is 24.8 Å². The third-order valence-electron chi connectivity index (χ3n) is 14.4. The number of benzene rings is 8. The summed E-state index contributed by atoms with van der Waals surface area (Å²) in [6, 6.07) is 25.5. The van der Waals surface area contributed by atoms with E-state index >= 15 is 0 Å². The predicted molar refractivity (Wildman–Crippen MR) is 288 cm³/mol. The van der Waals surface area contributed by atoms with Gasteiger partial charge in [0, 0.05) is 6.20 Å². The number of rotatable bonds is 8. The van der Waals surface area contributed by atoms with Crippen molar-refractivity contribution < 1.29 is 44.7 Å². The molecule has 13 rings (SSSR count). The molecule has 6 heteroatoms. The minimum absolute atomic E-state index is 0.0339. The molecule has 0 saturated heterocycles. The SMILES string of the molecule is [2H]c1c([2H])c([2H])c(-c2ccc3c(c2)c2ccc(Oc4cccc(-n5[c](=[Pt])n(-c6c(-c7c([2H])c([2H])c([2H])c([2H])c7[2H])cc7c(c6-c6c([2H])c([2H])c([2H])c([2H])c6[2H])CCC6CCCC76)c6ccccc65)c4)cc2n3-c2cc(C(C)(C)C)ccn2)c([2H])c1[2H]. The van der Waals surface area contributed by atoms with Crippen molar-refractivity contribution in [1.29, 1.82) is 0 Å². The van der Waals surface area contributed by atoms with Crippen LogP contribution in [0, 0.1) is 9.72 Å². The van der Waals surface area contributed by atoms with Gasteiger partial charge in [-0.3, -0.25) is 0 Å². The first kappa shape index (κ1) is 30.4. The molecule has 0 radical (unpaired) electrons. The van der Waals surface area contributed by atoms with Crippen LogP contribution in [0.3, 0.4) is 0 Å². The summed E-state index contributed by atoms with van der Waals surface area (Å²) in [4.78, 5) is 4.87. The number of fused-ring (bicyclic) bond motifs is 7. The third kappa shape index (κ3) is 7.56. The van der Waals surface area contributed by atoms with Crippen molar-refractivity contribution in [3.05, 3.63) is 220 Å². The Kier molecular flexibility index (Phi) is 7.50. The molecular weight excluding hydrogens is 1050 g/mol. The average Bonchev–Trinajstić information content (AvgIpc) is 1.39. The van der Waals surface area contributed by atoms with Crippen LogP contribution in [0.2, 0.25) is 0 Å². The molecule has 8 aromatic carbocycles. The fourth-order valence-corrected chi connectivity index (χ4v) is 12.3. The Morgan fingerprint density at radius 1 is 0.592 bits per heavy atom. The molecule has 1 fully saturated rings. The molecular formula is C65H54N4OPt. The maximum atomic E-state index is 9.56. The fourth-order valence-electron chi connectivity index (χ4n) is 11.2. The topological polar surface area (TPSA) is 36.9 Å². The van der Waals surface area contributed by atoms with Crippen molar-refractivity contribution in [2.45, 2.75) is 64.2 Å². The summed E-state index contributed by atoms with van der Waals surface area (Å²) in [7, 11) is 0. The normalized spacial score (nSPS) is 18.6. The molecule has 0 N–H and O–H groups in total. The van der Waals surface area contributed by atoms with Crippen LogP contribution in [-0.2, 0) is 31.2 Å². The monoisotopic (exact) mass is 1120 g/mol. The maximum absolute atomic E-state index is 9.56. The van der Waals surface area contributed by atoms with Gasteiger partial charge in [0.1, 0.15) is 0 Å².